The second kappa shape index (κ2) is 7.21. The van der Waals surface area contributed by atoms with Crippen LogP contribution in [0.4, 0.5) is 11.4 Å². The second-order valence-corrected chi connectivity index (χ2v) is 4.98. The topological polar surface area (TPSA) is 53.6 Å². The third-order valence-corrected chi connectivity index (χ3v) is 3.35. The maximum atomic E-state index is 11.7. The molecule has 0 spiro atoms. The van der Waals surface area contributed by atoms with Crippen LogP contribution in [0.2, 0.25) is 0 Å². The van der Waals surface area contributed by atoms with E-state index in [0.29, 0.717) is 24.7 Å². The van der Waals surface area contributed by atoms with Crippen molar-refractivity contribution in [2.45, 2.75) is 12.8 Å². The number of thiocarbonyl (C=S) groups is 1. The van der Waals surface area contributed by atoms with Gasteiger partial charge in [0.15, 0.2) is 5.11 Å². The van der Waals surface area contributed by atoms with E-state index in [1.165, 1.54) is 0 Å². The predicted octanol–water partition coefficient (Wildman–Crippen LogP) is 1.75. The molecule has 1 aromatic carbocycles. The van der Waals surface area contributed by atoms with Crippen LogP contribution < -0.4 is 15.5 Å². The van der Waals surface area contributed by atoms with Crippen LogP contribution >= 0.6 is 12.2 Å². The third-order valence-electron chi connectivity index (χ3n) is 3.10. The number of rotatable bonds is 5. The molecule has 0 atom stereocenters. The monoisotopic (exact) mass is 293 g/mol. The largest absolute Gasteiger partial charge is 0.383 e. The maximum Gasteiger partial charge on any atom is 0.227 e. The quantitative estimate of drug-likeness (QED) is 0.640. The van der Waals surface area contributed by atoms with Crippen LogP contribution in [-0.4, -0.2) is 37.8 Å². The summed E-state index contributed by atoms with van der Waals surface area (Å²) in [7, 11) is 1.65. The molecule has 1 fully saturated rings. The number of nitrogens with one attached hydrogen (secondary N) is 2. The van der Waals surface area contributed by atoms with Gasteiger partial charge in [0, 0.05) is 38.0 Å². The van der Waals surface area contributed by atoms with Crippen molar-refractivity contribution in [2.24, 2.45) is 0 Å². The summed E-state index contributed by atoms with van der Waals surface area (Å²) in [4.78, 5) is 13.5. The van der Waals surface area contributed by atoms with Crippen molar-refractivity contribution in [3.05, 3.63) is 24.3 Å². The molecule has 108 valence electrons. The minimum Gasteiger partial charge on any atom is -0.383 e. The van der Waals surface area contributed by atoms with Crippen LogP contribution in [0, 0.1) is 0 Å². The molecule has 2 rings (SSSR count). The number of benzene rings is 1. The number of hydrogen-bond acceptors (Lipinski definition) is 3. The summed E-state index contributed by atoms with van der Waals surface area (Å²) in [6.07, 6.45) is 1.58. The Morgan fingerprint density at radius 1 is 1.40 bits per heavy atom. The van der Waals surface area contributed by atoms with Gasteiger partial charge in [-0.05, 0) is 42.9 Å². The summed E-state index contributed by atoms with van der Waals surface area (Å²) < 4.78 is 4.94. The molecule has 1 amide bonds. The van der Waals surface area contributed by atoms with E-state index in [1.54, 1.807) is 7.11 Å². The first kappa shape index (κ1) is 14.7. The van der Waals surface area contributed by atoms with E-state index in [2.05, 4.69) is 10.6 Å². The number of carbonyl (C=O) groups excluding carboxylic acids is 1. The zero-order chi connectivity index (χ0) is 14.4. The lowest BCUT2D eigenvalue weighted by atomic mass is 10.2. The van der Waals surface area contributed by atoms with Gasteiger partial charge in [0.25, 0.3) is 0 Å². The Balaban J connectivity index is 1.88. The molecule has 0 aromatic heterocycles. The lowest BCUT2D eigenvalue weighted by molar-refractivity contribution is -0.117. The van der Waals surface area contributed by atoms with E-state index in [1.807, 2.05) is 29.2 Å². The molecule has 2 N–H and O–H groups in total. The number of nitrogens with zero attached hydrogens (tertiary/aromatic N) is 1. The van der Waals surface area contributed by atoms with Crippen molar-refractivity contribution < 1.29 is 9.53 Å². The molecule has 0 saturated carbocycles. The fraction of sp³-hybridized carbons (Fsp3) is 0.429. The van der Waals surface area contributed by atoms with Gasteiger partial charge in [0.05, 0.1) is 6.61 Å². The molecule has 0 radical (unpaired) electrons. The van der Waals surface area contributed by atoms with Crippen molar-refractivity contribution in [1.29, 1.82) is 0 Å². The molecular formula is C14H19N3O2S. The number of amides is 1. The molecule has 0 aliphatic carbocycles. The third kappa shape index (κ3) is 3.91. The molecule has 1 aromatic rings. The van der Waals surface area contributed by atoms with Gasteiger partial charge in [-0.25, -0.2) is 0 Å². The molecule has 1 saturated heterocycles. The lowest BCUT2D eigenvalue weighted by Crippen LogP contribution is -2.31. The fourth-order valence-electron chi connectivity index (χ4n) is 2.09. The maximum absolute atomic E-state index is 11.7. The Morgan fingerprint density at radius 3 is 2.75 bits per heavy atom. The van der Waals surface area contributed by atoms with E-state index >= 15 is 0 Å². The number of hydrogen-bond donors (Lipinski definition) is 2. The van der Waals surface area contributed by atoms with E-state index in [0.717, 1.165) is 24.3 Å². The molecular weight excluding hydrogens is 274 g/mol. The van der Waals surface area contributed by atoms with Crippen LogP contribution in [0.15, 0.2) is 24.3 Å². The normalized spacial score (nSPS) is 14.4. The fourth-order valence-corrected chi connectivity index (χ4v) is 2.31. The number of ether oxygens (including phenoxy) is 1. The van der Waals surface area contributed by atoms with Gasteiger partial charge in [-0.1, -0.05) is 0 Å². The molecule has 1 heterocycles. The van der Waals surface area contributed by atoms with E-state index < -0.39 is 0 Å². The first-order valence-electron chi connectivity index (χ1n) is 6.65. The number of anilines is 2. The first-order chi connectivity index (χ1) is 9.70. The molecule has 0 unspecified atom stereocenters. The highest BCUT2D eigenvalue weighted by molar-refractivity contribution is 7.80. The zero-order valence-corrected chi connectivity index (χ0v) is 12.3. The Hall–Kier alpha value is -1.66. The minimum atomic E-state index is 0.197. The predicted molar refractivity (Wildman–Crippen MR) is 84.1 cm³/mol. The Morgan fingerprint density at radius 2 is 2.15 bits per heavy atom. The minimum absolute atomic E-state index is 0.197. The molecule has 5 nitrogen and oxygen atoms in total. The number of carbonyl (C=O) groups is 1. The summed E-state index contributed by atoms with van der Waals surface area (Å²) in [6.45, 7) is 2.09. The standard InChI is InChI=1S/C14H19N3O2S/c1-19-10-8-15-14(20)16-11-4-6-12(7-5-11)17-9-2-3-13(17)18/h4-7H,2-3,8-10H2,1H3,(H2,15,16,20). The molecule has 6 heteroatoms. The summed E-state index contributed by atoms with van der Waals surface area (Å²) in [6, 6.07) is 7.71. The van der Waals surface area contributed by atoms with Crippen LogP contribution in [0.3, 0.4) is 0 Å². The van der Waals surface area contributed by atoms with E-state index in [9.17, 15) is 4.79 Å². The van der Waals surface area contributed by atoms with E-state index in [-0.39, 0.29) is 5.91 Å². The van der Waals surface area contributed by atoms with Gasteiger partial charge >= 0.3 is 0 Å². The van der Waals surface area contributed by atoms with Crippen molar-refractivity contribution >= 4 is 34.6 Å². The molecule has 1 aliphatic rings. The first-order valence-corrected chi connectivity index (χ1v) is 7.06. The lowest BCUT2D eigenvalue weighted by Gasteiger charge is -2.16. The summed E-state index contributed by atoms with van der Waals surface area (Å²) in [5.74, 6) is 0.197. The van der Waals surface area contributed by atoms with Gasteiger partial charge in [-0.3, -0.25) is 4.79 Å². The molecule has 0 bridgehead atoms. The van der Waals surface area contributed by atoms with Gasteiger partial charge in [0.2, 0.25) is 5.91 Å². The highest BCUT2D eigenvalue weighted by Crippen LogP contribution is 2.22. The van der Waals surface area contributed by atoms with Crippen molar-refractivity contribution in [3.8, 4) is 0 Å². The molecule has 20 heavy (non-hydrogen) atoms. The Bertz CT molecular complexity index is 476. The number of methoxy groups -OCH3 is 1. The van der Waals surface area contributed by atoms with Crippen LogP contribution in [0.1, 0.15) is 12.8 Å². The highest BCUT2D eigenvalue weighted by Gasteiger charge is 2.21. The van der Waals surface area contributed by atoms with Crippen LogP contribution in [0.25, 0.3) is 0 Å². The van der Waals surface area contributed by atoms with Crippen LogP contribution in [-0.2, 0) is 9.53 Å². The second-order valence-electron chi connectivity index (χ2n) is 4.57. The summed E-state index contributed by atoms with van der Waals surface area (Å²) in [5, 5.41) is 6.69. The molecule has 1 aliphatic heterocycles. The van der Waals surface area contributed by atoms with Gasteiger partial charge < -0.3 is 20.3 Å². The highest BCUT2D eigenvalue weighted by atomic mass is 32.1. The summed E-state index contributed by atoms with van der Waals surface area (Å²) >= 11 is 5.17. The van der Waals surface area contributed by atoms with Gasteiger partial charge in [-0.15, -0.1) is 0 Å². The van der Waals surface area contributed by atoms with Gasteiger partial charge in [0.1, 0.15) is 0 Å². The van der Waals surface area contributed by atoms with Crippen LogP contribution in [0.5, 0.6) is 0 Å². The Labute approximate surface area is 124 Å². The average Bonchev–Trinajstić information content (AvgIpc) is 2.86. The van der Waals surface area contributed by atoms with Crippen molar-refractivity contribution in [1.82, 2.24) is 5.32 Å². The zero-order valence-electron chi connectivity index (χ0n) is 11.5. The van der Waals surface area contributed by atoms with Crippen molar-refractivity contribution in [2.75, 3.05) is 37.0 Å². The van der Waals surface area contributed by atoms with Crippen molar-refractivity contribution in [3.63, 3.8) is 0 Å². The summed E-state index contributed by atoms with van der Waals surface area (Å²) in [5.41, 5.74) is 1.84. The average molecular weight is 293 g/mol. The van der Waals surface area contributed by atoms with Gasteiger partial charge in [-0.2, -0.15) is 0 Å². The smallest absolute Gasteiger partial charge is 0.227 e. The SMILES string of the molecule is COCCNC(=S)Nc1ccc(N2CCCC2=O)cc1. The Kier molecular flexibility index (Phi) is 5.31. The van der Waals surface area contributed by atoms with E-state index in [4.69, 9.17) is 17.0 Å².